The number of rotatable bonds is 4. The van der Waals surface area contributed by atoms with Gasteiger partial charge in [-0.3, -0.25) is 0 Å². The van der Waals surface area contributed by atoms with Crippen molar-refractivity contribution in [3.8, 4) is 11.5 Å². The molecule has 0 fully saturated rings. The maximum Gasteiger partial charge on any atom is 0.127 e. The fourth-order valence-corrected chi connectivity index (χ4v) is 2.92. The summed E-state index contributed by atoms with van der Waals surface area (Å²) in [5.41, 5.74) is 11.1. The van der Waals surface area contributed by atoms with Crippen LogP contribution in [-0.2, 0) is 19.3 Å². The molecule has 3 rings (SSSR count). The van der Waals surface area contributed by atoms with Gasteiger partial charge >= 0.3 is 0 Å². The van der Waals surface area contributed by atoms with Gasteiger partial charge in [0, 0.05) is 0 Å². The van der Waals surface area contributed by atoms with Crippen LogP contribution < -0.4 is 10.5 Å². The molecule has 0 amide bonds. The van der Waals surface area contributed by atoms with Crippen molar-refractivity contribution in [3.63, 3.8) is 0 Å². The molecule has 1 aliphatic rings. The van der Waals surface area contributed by atoms with Crippen LogP contribution in [-0.4, -0.2) is 6.54 Å². The van der Waals surface area contributed by atoms with Crippen LogP contribution in [0.5, 0.6) is 11.5 Å². The lowest BCUT2D eigenvalue weighted by Gasteiger charge is -2.10. The molecule has 104 valence electrons. The van der Waals surface area contributed by atoms with Crippen LogP contribution in [0.3, 0.4) is 0 Å². The van der Waals surface area contributed by atoms with Crippen LogP contribution in [0.4, 0.5) is 0 Å². The second-order valence-corrected chi connectivity index (χ2v) is 5.51. The van der Waals surface area contributed by atoms with Gasteiger partial charge in [-0.25, -0.2) is 0 Å². The topological polar surface area (TPSA) is 35.2 Å². The molecule has 2 N–H and O–H groups in total. The van der Waals surface area contributed by atoms with E-state index < -0.39 is 0 Å². The normalized spacial score (nSPS) is 13.3. The van der Waals surface area contributed by atoms with Gasteiger partial charge in [0.2, 0.25) is 0 Å². The van der Waals surface area contributed by atoms with Gasteiger partial charge in [0.15, 0.2) is 0 Å². The number of aryl methyl sites for hydroxylation is 3. The van der Waals surface area contributed by atoms with Crippen LogP contribution in [0, 0.1) is 6.92 Å². The lowest BCUT2D eigenvalue weighted by Crippen LogP contribution is -2.04. The number of benzene rings is 2. The van der Waals surface area contributed by atoms with E-state index in [0.717, 1.165) is 17.9 Å². The molecule has 0 spiro atoms. The minimum absolute atomic E-state index is 0.686. The van der Waals surface area contributed by atoms with Gasteiger partial charge in [-0.15, -0.1) is 0 Å². The maximum atomic E-state index is 5.99. The Kier molecular flexibility index (Phi) is 3.75. The molecule has 0 unspecified atom stereocenters. The van der Waals surface area contributed by atoms with E-state index in [4.69, 9.17) is 10.5 Å². The molecule has 0 saturated heterocycles. The Hall–Kier alpha value is -1.80. The van der Waals surface area contributed by atoms with E-state index in [9.17, 15) is 0 Å². The summed E-state index contributed by atoms with van der Waals surface area (Å²) in [5.74, 6) is 1.85. The monoisotopic (exact) mass is 267 g/mol. The summed E-state index contributed by atoms with van der Waals surface area (Å²) in [6.45, 7) is 2.80. The third kappa shape index (κ3) is 2.70. The zero-order chi connectivity index (χ0) is 13.9. The predicted molar refractivity (Wildman–Crippen MR) is 82.5 cm³/mol. The van der Waals surface area contributed by atoms with Crippen LogP contribution in [0.25, 0.3) is 0 Å². The van der Waals surface area contributed by atoms with Gasteiger partial charge < -0.3 is 10.5 Å². The van der Waals surface area contributed by atoms with E-state index in [-0.39, 0.29) is 0 Å². The summed E-state index contributed by atoms with van der Waals surface area (Å²) >= 11 is 0. The second kappa shape index (κ2) is 5.68. The van der Waals surface area contributed by atoms with Crippen molar-refractivity contribution in [1.29, 1.82) is 0 Å². The fraction of sp³-hybridized carbons (Fsp3) is 0.333. The van der Waals surface area contributed by atoms with Gasteiger partial charge in [-0.05, 0) is 85.7 Å². The predicted octanol–water partition coefficient (Wildman–Crippen LogP) is 3.78. The lowest BCUT2D eigenvalue weighted by molar-refractivity contribution is 0.481. The largest absolute Gasteiger partial charge is 0.457 e. The van der Waals surface area contributed by atoms with E-state index in [1.807, 2.05) is 6.07 Å². The first kappa shape index (κ1) is 13.2. The minimum atomic E-state index is 0.686. The molecule has 2 aromatic carbocycles. The van der Waals surface area contributed by atoms with Crippen LogP contribution >= 0.6 is 0 Å². The highest BCUT2D eigenvalue weighted by atomic mass is 16.5. The van der Waals surface area contributed by atoms with E-state index in [0.29, 0.717) is 6.54 Å². The van der Waals surface area contributed by atoms with Crippen molar-refractivity contribution in [2.45, 2.75) is 32.6 Å². The molecule has 0 radical (unpaired) electrons. The molecule has 2 nitrogen and oxygen atoms in total. The summed E-state index contributed by atoms with van der Waals surface area (Å²) in [6.07, 6.45) is 4.58. The number of hydrogen-bond donors (Lipinski definition) is 1. The van der Waals surface area contributed by atoms with Gasteiger partial charge in [-0.1, -0.05) is 12.1 Å². The molecule has 20 heavy (non-hydrogen) atoms. The highest BCUT2D eigenvalue weighted by Gasteiger charge is 2.11. The summed E-state index contributed by atoms with van der Waals surface area (Å²) in [5, 5.41) is 0. The molecule has 2 heteroatoms. The van der Waals surface area contributed by atoms with Crippen molar-refractivity contribution < 1.29 is 4.74 Å². The number of hydrogen-bond acceptors (Lipinski definition) is 2. The Balaban J connectivity index is 1.79. The second-order valence-electron chi connectivity index (χ2n) is 5.51. The summed E-state index contributed by atoms with van der Waals surface area (Å²) in [7, 11) is 0. The maximum absolute atomic E-state index is 5.99. The molecule has 2 aromatic rings. The molecule has 0 aliphatic heterocycles. The molecular weight excluding hydrogens is 246 g/mol. The van der Waals surface area contributed by atoms with Crippen molar-refractivity contribution in [2.75, 3.05) is 6.54 Å². The smallest absolute Gasteiger partial charge is 0.127 e. The highest BCUT2D eigenvalue weighted by molar-refractivity contribution is 5.42. The average molecular weight is 267 g/mol. The highest BCUT2D eigenvalue weighted by Crippen LogP contribution is 2.29. The molecule has 1 aliphatic carbocycles. The van der Waals surface area contributed by atoms with Gasteiger partial charge in [0.1, 0.15) is 11.5 Å². The minimum Gasteiger partial charge on any atom is -0.457 e. The first-order chi connectivity index (χ1) is 9.76. The number of ether oxygens (including phenoxy) is 1. The number of fused-ring (bicyclic) bond motifs is 1. The van der Waals surface area contributed by atoms with Crippen molar-refractivity contribution in [1.82, 2.24) is 0 Å². The Morgan fingerprint density at radius 1 is 1.00 bits per heavy atom. The average Bonchev–Trinajstić information content (AvgIpc) is 2.89. The molecule has 0 heterocycles. The molecule has 0 aromatic heterocycles. The van der Waals surface area contributed by atoms with Crippen molar-refractivity contribution in [2.24, 2.45) is 5.73 Å². The van der Waals surface area contributed by atoms with Crippen LogP contribution in [0.15, 0.2) is 36.4 Å². The third-order valence-corrected chi connectivity index (χ3v) is 4.03. The summed E-state index contributed by atoms with van der Waals surface area (Å²) in [6, 6.07) is 12.7. The van der Waals surface area contributed by atoms with Gasteiger partial charge in [-0.2, -0.15) is 0 Å². The summed E-state index contributed by atoms with van der Waals surface area (Å²) < 4.78 is 5.99. The van der Waals surface area contributed by atoms with Gasteiger partial charge in [0.05, 0.1) is 0 Å². The van der Waals surface area contributed by atoms with E-state index in [1.165, 1.54) is 41.5 Å². The van der Waals surface area contributed by atoms with Crippen LogP contribution in [0.1, 0.15) is 28.7 Å². The lowest BCUT2D eigenvalue weighted by atomic mass is 10.1. The molecule has 0 atom stereocenters. The first-order valence-electron chi connectivity index (χ1n) is 7.35. The van der Waals surface area contributed by atoms with Crippen LogP contribution in [0.2, 0.25) is 0 Å². The zero-order valence-corrected chi connectivity index (χ0v) is 12.0. The van der Waals surface area contributed by atoms with E-state index in [1.54, 1.807) is 0 Å². The standard InChI is InChI=1S/C18H21NO/c1-13-11-17(7-5-14(13)9-10-19)20-18-8-6-15-3-2-4-16(15)12-18/h5-8,11-12H,2-4,9-10,19H2,1H3. The van der Waals surface area contributed by atoms with Gasteiger partial charge in [0.25, 0.3) is 0 Å². The summed E-state index contributed by atoms with van der Waals surface area (Å²) in [4.78, 5) is 0. The SMILES string of the molecule is Cc1cc(Oc2ccc3c(c2)CCC3)ccc1CCN. The third-order valence-electron chi connectivity index (χ3n) is 4.03. The molecular formula is C18H21NO. The Labute approximate surface area is 120 Å². The Morgan fingerprint density at radius 2 is 1.75 bits per heavy atom. The molecule has 0 bridgehead atoms. The molecule has 0 saturated carbocycles. The van der Waals surface area contributed by atoms with E-state index in [2.05, 4.69) is 37.3 Å². The zero-order valence-electron chi connectivity index (χ0n) is 12.0. The Morgan fingerprint density at radius 3 is 2.55 bits per heavy atom. The van der Waals surface area contributed by atoms with Crippen molar-refractivity contribution in [3.05, 3.63) is 58.7 Å². The fourth-order valence-electron chi connectivity index (χ4n) is 2.92. The van der Waals surface area contributed by atoms with E-state index >= 15 is 0 Å². The first-order valence-corrected chi connectivity index (χ1v) is 7.35. The quantitative estimate of drug-likeness (QED) is 0.915. The Bertz CT molecular complexity index is 619. The van der Waals surface area contributed by atoms with Crippen molar-refractivity contribution >= 4 is 0 Å². The number of nitrogens with two attached hydrogens (primary N) is 1.